The predicted molar refractivity (Wildman–Crippen MR) is 80.8 cm³/mol. The number of aldehydes is 1. The summed E-state index contributed by atoms with van der Waals surface area (Å²) in [5, 5.41) is 10.4. The maximum Gasteiger partial charge on any atom is 0.272 e. The molecule has 0 saturated carbocycles. The molecule has 1 amide bonds. The third-order valence-electron chi connectivity index (χ3n) is 3.27. The van der Waals surface area contributed by atoms with Crippen LogP contribution in [0.5, 0.6) is 0 Å². The minimum Gasteiger partial charge on any atom is -0.483 e. The van der Waals surface area contributed by atoms with Crippen LogP contribution in [-0.2, 0) is 9.53 Å². The Labute approximate surface area is 127 Å². The molecule has 0 spiro atoms. The van der Waals surface area contributed by atoms with Crippen LogP contribution in [0.1, 0.15) is 23.8 Å². The van der Waals surface area contributed by atoms with Gasteiger partial charge in [0.15, 0.2) is 0 Å². The molecule has 2 N–H and O–H groups in total. The summed E-state index contributed by atoms with van der Waals surface area (Å²) in [6, 6.07) is 7.18. The van der Waals surface area contributed by atoms with Crippen molar-refractivity contribution in [3.8, 4) is 0 Å². The average Bonchev–Trinajstić information content (AvgIpc) is 2.53. The fraction of sp³-hybridized carbons (Fsp3) is 0.267. The van der Waals surface area contributed by atoms with Gasteiger partial charge in [0, 0.05) is 6.42 Å². The Balaban J connectivity index is 2.28. The van der Waals surface area contributed by atoms with Gasteiger partial charge in [-0.2, -0.15) is 0 Å². The van der Waals surface area contributed by atoms with Crippen molar-refractivity contribution >= 4 is 29.1 Å². The second-order valence-electron chi connectivity index (χ2n) is 4.93. The highest BCUT2D eigenvalue weighted by molar-refractivity contribution is 5.98. The van der Waals surface area contributed by atoms with Gasteiger partial charge in [-0.25, -0.2) is 4.98 Å². The van der Waals surface area contributed by atoms with Gasteiger partial charge in [0.25, 0.3) is 5.91 Å². The fourth-order valence-corrected chi connectivity index (χ4v) is 1.97. The first-order valence-corrected chi connectivity index (χ1v) is 6.61. The number of para-hydroxylation sites is 2. The van der Waals surface area contributed by atoms with Gasteiger partial charge in [0.1, 0.15) is 17.5 Å². The van der Waals surface area contributed by atoms with E-state index in [0.29, 0.717) is 17.3 Å². The first-order valence-electron chi connectivity index (χ1n) is 6.61. The van der Waals surface area contributed by atoms with Crippen molar-refractivity contribution in [2.45, 2.75) is 18.9 Å². The average molecular weight is 300 g/mol. The molecule has 1 heterocycles. The van der Waals surface area contributed by atoms with Gasteiger partial charge in [-0.05, 0) is 19.1 Å². The molecule has 1 unspecified atom stereocenters. The first-order chi connectivity index (χ1) is 10.5. The van der Waals surface area contributed by atoms with Crippen molar-refractivity contribution in [1.29, 1.82) is 5.41 Å². The predicted octanol–water partition coefficient (Wildman–Crippen LogP) is 1.33. The van der Waals surface area contributed by atoms with Crippen molar-refractivity contribution in [2.24, 2.45) is 0 Å². The molecule has 1 aromatic heterocycles. The summed E-state index contributed by atoms with van der Waals surface area (Å²) in [6.45, 7) is 1.54. The highest BCUT2D eigenvalue weighted by atomic mass is 16.5. The lowest BCUT2D eigenvalue weighted by Gasteiger charge is -2.27. The summed E-state index contributed by atoms with van der Waals surface area (Å²) >= 11 is 0. The topological polar surface area (TPSA) is 105 Å². The molecule has 0 fully saturated rings. The molecule has 0 aliphatic heterocycles. The fourth-order valence-electron chi connectivity index (χ4n) is 1.97. The van der Waals surface area contributed by atoms with Gasteiger partial charge in [-0.1, -0.05) is 12.1 Å². The van der Waals surface area contributed by atoms with Crippen LogP contribution in [0.15, 0.2) is 30.5 Å². The SMILES string of the molecule is COC(=N)C(C)(CC=O)NC(=O)c1cnc2ccccc2n1. The van der Waals surface area contributed by atoms with E-state index in [9.17, 15) is 9.59 Å². The van der Waals surface area contributed by atoms with Crippen LogP contribution in [0, 0.1) is 5.41 Å². The van der Waals surface area contributed by atoms with Crippen LogP contribution in [0.3, 0.4) is 0 Å². The van der Waals surface area contributed by atoms with Crippen LogP contribution < -0.4 is 5.32 Å². The number of nitrogens with one attached hydrogen (secondary N) is 2. The van der Waals surface area contributed by atoms with Gasteiger partial charge >= 0.3 is 0 Å². The van der Waals surface area contributed by atoms with E-state index in [4.69, 9.17) is 10.1 Å². The van der Waals surface area contributed by atoms with Crippen LogP contribution in [0.25, 0.3) is 11.0 Å². The number of benzene rings is 1. The number of amides is 1. The summed E-state index contributed by atoms with van der Waals surface area (Å²) in [5.41, 5.74) is 0.161. The molecule has 22 heavy (non-hydrogen) atoms. The maximum absolute atomic E-state index is 12.3. The Kier molecular flexibility index (Phi) is 4.45. The molecular formula is C15H16N4O3. The molecule has 0 aliphatic rings. The van der Waals surface area contributed by atoms with E-state index in [1.54, 1.807) is 25.1 Å². The van der Waals surface area contributed by atoms with Crippen molar-refractivity contribution in [1.82, 2.24) is 15.3 Å². The first kappa shape index (κ1) is 15.6. The van der Waals surface area contributed by atoms with E-state index >= 15 is 0 Å². The van der Waals surface area contributed by atoms with Gasteiger partial charge in [-0.15, -0.1) is 0 Å². The molecule has 114 valence electrons. The normalized spacial score (nSPS) is 13.2. The monoisotopic (exact) mass is 300 g/mol. The van der Waals surface area contributed by atoms with Crippen LogP contribution in [0.4, 0.5) is 0 Å². The lowest BCUT2D eigenvalue weighted by atomic mass is 9.98. The number of aromatic nitrogens is 2. The van der Waals surface area contributed by atoms with Crippen molar-refractivity contribution < 1.29 is 14.3 Å². The highest BCUT2D eigenvalue weighted by Gasteiger charge is 2.33. The Hall–Kier alpha value is -2.83. The van der Waals surface area contributed by atoms with Crippen molar-refractivity contribution in [3.63, 3.8) is 0 Å². The maximum atomic E-state index is 12.3. The third-order valence-corrected chi connectivity index (χ3v) is 3.27. The molecule has 0 radical (unpaired) electrons. The molecule has 0 aliphatic carbocycles. The lowest BCUT2D eigenvalue weighted by molar-refractivity contribution is -0.108. The van der Waals surface area contributed by atoms with E-state index in [1.807, 2.05) is 6.07 Å². The van der Waals surface area contributed by atoms with Crippen molar-refractivity contribution in [2.75, 3.05) is 7.11 Å². The Morgan fingerprint density at radius 3 is 2.73 bits per heavy atom. The lowest BCUT2D eigenvalue weighted by Crippen LogP contribution is -2.53. The number of carbonyl (C=O) groups excluding carboxylic acids is 2. The minimum atomic E-state index is -1.22. The van der Waals surface area contributed by atoms with Crippen LogP contribution >= 0.6 is 0 Å². The van der Waals surface area contributed by atoms with E-state index < -0.39 is 11.4 Å². The molecule has 7 heteroatoms. The van der Waals surface area contributed by atoms with Gasteiger partial charge in [0.2, 0.25) is 5.90 Å². The number of rotatable bonds is 5. The molecule has 2 rings (SSSR count). The smallest absolute Gasteiger partial charge is 0.272 e. The molecular weight excluding hydrogens is 284 g/mol. The highest BCUT2D eigenvalue weighted by Crippen LogP contribution is 2.13. The Morgan fingerprint density at radius 2 is 2.09 bits per heavy atom. The molecule has 1 atom stereocenters. The number of methoxy groups -OCH3 is 1. The zero-order chi connectivity index (χ0) is 16.2. The summed E-state index contributed by atoms with van der Waals surface area (Å²) in [4.78, 5) is 31.5. The largest absolute Gasteiger partial charge is 0.483 e. The summed E-state index contributed by atoms with van der Waals surface area (Å²) in [5.74, 6) is -0.730. The number of carbonyl (C=O) groups is 2. The van der Waals surface area contributed by atoms with E-state index in [-0.39, 0.29) is 18.0 Å². The van der Waals surface area contributed by atoms with E-state index in [1.165, 1.54) is 13.3 Å². The number of nitrogens with zero attached hydrogens (tertiary/aromatic N) is 2. The van der Waals surface area contributed by atoms with Crippen LogP contribution in [-0.4, -0.2) is 40.7 Å². The molecule has 7 nitrogen and oxygen atoms in total. The van der Waals surface area contributed by atoms with Crippen LogP contribution in [0.2, 0.25) is 0 Å². The van der Waals surface area contributed by atoms with E-state index in [2.05, 4.69) is 15.3 Å². The summed E-state index contributed by atoms with van der Waals surface area (Å²) in [6.07, 6.45) is 1.90. The Morgan fingerprint density at radius 1 is 1.41 bits per heavy atom. The minimum absolute atomic E-state index is 0.0770. The molecule has 1 aromatic carbocycles. The van der Waals surface area contributed by atoms with E-state index in [0.717, 1.165) is 0 Å². The quantitative estimate of drug-likeness (QED) is 0.492. The molecule has 2 aromatic rings. The zero-order valence-electron chi connectivity index (χ0n) is 12.3. The van der Waals surface area contributed by atoms with Gasteiger partial charge in [0.05, 0.1) is 24.3 Å². The second kappa shape index (κ2) is 6.30. The Bertz CT molecular complexity index is 732. The number of hydrogen-bond acceptors (Lipinski definition) is 6. The molecule has 0 bridgehead atoms. The van der Waals surface area contributed by atoms with Gasteiger partial charge in [-0.3, -0.25) is 15.2 Å². The second-order valence-corrected chi connectivity index (χ2v) is 4.93. The molecule has 0 saturated heterocycles. The number of hydrogen-bond donors (Lipinski definition) is 2. The third kappa shape index (κ3) is 3.08. The number of fused-ring (bicyclic) bond motifs is 1. The zero-order valence-corrected chi connectivity index (χ0v) is 12.3. The standard InChI is InChI=1S/C15H16N4O3/c1-15(7-8-20,14(16)22-2)19-13(21)12-9-17-10-5-3-4-6-11(10)18-12/h3-6,8-9,16H,7H2,1-2H3,(H,19,21). The van der Waals surface area contributed by atoms with Gasteiger partial charge < -0.3 is 14.8 Å². The number of ether oxygens (including phenoxy) is 1. The summed E-state index contributed by atoms with van der Waals surface area (Å²) < 4.78 is 4.85. The van der Waals surface area contributed by atoms with Crippen molar-refractivity contribution in [3.05, 3.63) is 36.2 Å². The summed E-state index contributed by atoms with van der Waals surface area (Å²) in [7, 11) is 1.31.